The Bertz CT molecular complexity index is 1840. The Labute approximate surface area is 272 Å². The highest BCUT2D eigenvalue weighted by atomic mass is 16.7. The van der Waals surface area contributed by atoms with Gasteiger partial charge in [-0.3, -0.25) is 19.7 Å². The van der Waals surface area contributed by atoms with Crippen LogP contribution in [0.15, 0.2) is 41.5 Å². The number of nitrogens with one attached hydrogen (secondary N) is 3. The van der Waals surface area contributed by atoms with Crippen LogP contribution in [0.5, 0.6) is 0 Å². The normalized spacial score (nSPS) is 21.9. The first-order chi connectivity index (χ1) is 22.3. The molecule has 0 radical (unpaired) electrons. The lowest BCUT2D eigenvalue weighted by atomic mass is 9.74. The summed E-state index contributed by atoms with van der Waals surface area (Å²) < 4.78 is 20.1. The minimum absolute atomic E-state index is 0.0597. The molecule has 0 aliphatic carbocycles. The molecule has 5 N–H and O–H groups in total. The van der Waals surface area contributed by atoms with Crippen LogP contribution >= 0.6 is 0 Å². The van der Waals surface area contributed by atoms with Gasteiger partial charge in [0.2, 0.25) is 5.95 Å². The predicted octanol–water partition coefficient (Wildman–Crippen LogP) is 2.03. The number of carbonyl (C=O) groups is 1. The number of fused-ring (bicyclic) bond motifs is 2. The van der Waals surface area contributed by atoms with E-state index in [9.17, 15) is 19.8 Å². The first-order valence-electron chi connectivity index (χ1n) is 15.8. The first-order valence-corrected chi connectivity index (χ1v) is 15.8. The molecule has 3 atom stereocenters. The SMILES string of the molecule is CN(C)c1c(CCCNC(=O)Nc2nc3c(ncn3[C@H]3C[C@H](O)[C@@H](CO)O3)c(=O)[nH]2)cc(B2OC(C)(C)C(C)(C)O2)c2ccccc12. The summed E-state index contributed by atoms with van der Waals surface area (Å²) in [7, 11) is 3.52. The number of aliphatic hydroxyl groups is 2. The number of nitrogens with zero attached hydrogens (tertiary/aromatic N) is 4. The molecule has 4 aromatic rings. The Balaban J connectivity index is 1.15. The zero-order valence-electron chi connectivity index (χ0n) is 27.5. The molecule has 15 heteroatoms. The van der Waals surface area contributed by atoms with Crippen LogP contribution in [0.4, 0.5) is 16.4 Å². The number of H-pyrrole nitrogens is 1. The van der Waals surface area contributed by atoms with E-state index in [1.54, 1.807) is 0 Å². The van der Waals surface area contributed by atoms with Crippen molar-refractivity contribution in [3.05, 3.63) is 52.6 Å². The molecule has 2 fully saturated rings. The van der Waals surface area contributed by atoms with E-state index in [0.29, 0.717) is 19.4 Å². The van der Waals surface area contributed by atoms with Crippen LogP contribution in [-0.2, 0) is 20.5 Å². The molecule has 0 saturated carbocycles. The summed E-state index contributed by atoms with van der Waals surface area (Å²) >= 11 is 0. The molecule has 2 aliphatic heterocycles. The summed E-state index contributed by atoms with van der Waals surface area (Å²) in [6.45, 7) is 8.19. The van der Waals surface area contributed by atoms with Crippen LogP contribution in [-0.4, -0.2) is 93.5 Å². The maximum Gasteiger partial charge on any atom is 0.495 e. The summed E-state index contributed by atoms with van der Waals surface area (Å²) in [5, 5.41) is 27.2. The van der Waals surface area contributed by atoms with Crippen LogP contribution in [0.3, 0.4) is 0 Å². The number of ether oxygens (including phenoxy) is 1. The summed E-state index contributed by atoms with van der Waals surface area (Å²) in [6.07, 6.45) is 0.607. The maximum absolute atomic E-state index is 12.8. The monoisotopic (exact) mass is 647 g/mol. The fourth-order valence-electron chi connectivity index (χ4n) is 6.21. The summed E-state index contributed by atoms with van der Waals surface area (Å²) in [4.78, 5) is 38.7. The van der Waals surface area contributed by atoms with Crippen molar-refractivity contribution in [3.8, 4) is 0 Å². The number of urea groups is 1. The number of hydrogen-bond donors (Lipinski definition) is 5. The largest absolute Gasteiger partial charge is 0.495 e. The van der Waals surface area contributed by atoms with E-state index >= 15 is 0 Å². The molecule has 0 unspecified atom stereocenters. The van der Waals surface area contributed by atoms with Gasteiger partial charge in [0, 0.05) is 38.1 Å². The van der Waals surface area contributed by atoms with Crippen LogP contribution in [0, 0.1) is 0 Å². The van der Waals surface area contributed by atoms with Crippen LogP contribution in [0.1, 0.15) is 52.3 Å². The number of imidazole rings is 1. The number of amides is 2. The van der Waals surface area contributed by atoms with E-state index in [4.69, 9.17) is 14.0 Å². The first kappa shape index (κ1) is 32.9. The lowest BCUT2D eigenvalue weighted by Crippen LogP contribution is -2.41. The van der Waals surface area contributed by atoms with Gasteiger partial charge in [0.15, 0.2) is 11.2 Å². The predicted molar refractivity (Wildman–Crippen MR) is 179 cm³/mol. The molecule has 0 spiro atoms. The van der Waals surface area contributed by atoms with Crippen molar-refractivity contribution < 1.29 is 29.1 Å². The number of aromatic amines is 1. The average molecular weight is 648 g/mol. The number of rotatable bonds is 9. The number of aromatic nitrogens is 4. The van der Waals surface area contributed by atoms with Gasteiger partial charge in [-0.2, -0.15) is 4.98 Å². The third-order valence-corrected chi connectivity index (χ3v) is 9.35. The minimum Gasteiger partial charge on any atom is -0.399 e. The molecule has 2 amide bonds. The second kappa shape index (κ2) is 12.5. The van der Waals surface area contributed by atoms with Gasteiger partial charge in [-0.25, -0.2) is 9.78 Å². The standard InChI is InChI=1S/C32H42BN7O7/c1-31(2)32(3,4)47-33(46-31)21-14-18(26(39(5)6)20-12-8-7-11-19(20)21)10-9-13-34-30(44)38-29-36-27-25(28(43)37-29)35-17-40(27)24-15-22(42)23(16-41)45-24/h7-8,11-12,14,17,22-24,41-42H,9-10,13,15-16H2,1-6H3,(H3,34,36,37,38,43,44)/t22-,23+,24+/m0/s1. The van der Waals surface area contributed by atoms with Crippen molar-refractivity contribution in [2.75, 3.05) is 37.5 Å². The van der Waals surface area contributed by atoms with E-state index in [1.807, 2.05) is 53.9 Å². The van der Waals surface area contributed by atoms with Crippen molar-refractivity contribution in [1.82, 2.24) is 24.8 Å². The number of benzene rings is 2. The highest BCUT2D eigenvalue weighted by Gasteiger charge is 2.52. The zero-order chi connectivity index (χ0) is 33.7. The summed E-state index contributed by atoms with van der Waals surface area (Å²) in [5.74, 6) is -0.0597. The third-order valence-electron chi connectivity index (χ3n) is 9.35. The lowest BCUT2D eigenvalue weighted by molar-refractivity contribution is -0.0432. The number of anilines is 2. The molecule has 2 aromatic heterocycles. The van der Waals surface area contributed by atoms with Gasteiger partial charge >= 0.3 is 13.1 Å². The van der Waals surface area contributed by atoms with Gasteiger partial charge < -0.3 is 34.5 Å². The number of hydrogen-bond acceptors (Lipinski definition) is 10. The van der Waals surface area contributed by atoms with Gasteiger partial charge in [0.05, 0.1) is 30.2 Å². The van der Waals surface area contributed by atoms with Crippen molar-refractivity contribution in [3.63, 3.8) is 0 Å². The Hall–Kier alpha value is -4.02. The van der Waals surface area contributed by atoms with Gasteiger partial charge in [0.1, 0.15) is 12.3 Å². The Kier molecular flexibility index (Phi) is 8.78. The third kappa shape index (κ3) is 6.21. The molecular weight excluding hydrogens is 605 g/mol. The molecule has 250 valence electrons. The van der Waals surface area contributed by atoms with Crippen molar-refractivity contribution >= 4 is 52.2 Å². The van der Waals surface area contributed by atoms with Gasteiger partial charge in [-0.05, 0) is 56.9 Å². The van der Waals surface area contributed by atoms with E-state index in [-0.39, 0.29) is 30.1 Å². The fraction of sp³-hybridized carbons (Fsp3) is 0.500. The smallest absolute Gasteiger partial charge is 0.399 e. The maximum atomic E-state index is 12.8. The Morgan fingerprint density at radius 3 is 2.53 bits per heavy atom. The summed E-state index contributed by atoms with van der Waals surface area (Å²) in [5.41, 5.74) is 1.93. The molecular formula is C32H42BN7O7. The van der Waals surface area contributed by atoms with Gasteiger partial charge in [0.25, 0.3) is 5.56 Å². The second-order valence-electron chi connectivity index (χ2n) is 13.3. The summed E-state index contributed by atoms with van der Waals surface area (Å²) in [6, 6.07) is 9.87. The molecule has 0 bridgehead atoms. The molecule has 4 heterocycles. The quantitative estimate of drug-likeness (QED) is 0.134. The zero-order valence-corrected chi connectivity index (χ0v) is 27.5. The molecule has 2 aliphatic rings. The molecule has 6 rings (SSSR count). The van der Waals surface area contributed by atoms with Crippen LogP contribution in [0.25, 0.3) is 21.9 Å². The van der Waals surface area contributed by atoms with E-state index in [2.05, 4.69) is 48.7 Å². The highest BCUT2D eigenvalue weighted by molar-refractivity contribution is 6.65. The number of aliphatic hydroxyl groups excluding tert-OH is 2. The van der Waals surface area contributed by atoms with Gasteiger partial charge in [-0.15, -0.1) is 0 Å². The molecule has 14 nitrogen and oxygen atoms in total. The van der Waals surface area contributed by atoms with Gasteiger partial charge in [-0.1, -0.05) is 30.3 Å². The Morgan fingerprint density at radius 2 is 1.87 bits per heavy atom. The Morgan fingerprint density at radius 1 is 1.17 bits per heavy atom. The second-order valence-corrected chi connectivity index (χ2v) is 13.3. The van der Waals surface area contributed by atoms with Crippen molar-refractivity contribution in [2.24, 2.45) is 0 Å². The fourth-order valence-corrected chi connectivity index (χ4v) is 6.21. The average Bonchev–Trinajstić information content (AvgIpc) is 3.66. The van der Waals surface area contributed by atoms with E-state index < -0.39 is 48.3 Å². The molecule has 47 heavy (non-hydrogen) atoms. The van der Waals surface area contributed by atoms with Crippen molar-refractivity contribution in [2.45, 2.75) is 76.6 Å². The van der Waals surface area contributed by atoms with Crippen molar-refractivity contribution in [1.29, 1.82) is 0 Å². The van der Waals surface area contributed by atoms with E-state index in [1.165, 1.54) is 10.9 Å². The lowest BCUT2D eigenvalue weighted by Gasteiger charge is -2.32. The van der Waals surface area contributed by atoms with Crippen LogP contribution in [0.2, 0.25) is 0 Å². The number of aryl methyl sites for hydroxylation is 1. The van der Waals surface area contributed by atoms with E-state index in [0.717, 1.165) is 27.5 Å². The molecule has 2 saturated heterocycles. The molecule has 2 aromatic carbocycles. The topological polar surface area (TPSA) is 176 Å². The number of carbonyl (C=O) groups excluding carboxylic acids is 1. The minimum atomic E-state index is -0.869. The van der Waals surface area contributed by atoms with Crippen LogP contribution < -0.4 is 26.6 Å². The highest BCUT2D eigenvalue weighted by Crippen LogP contribution is 2.38.